The van der Waals surface area contributed by atoms with Crippen molar-refractivity contribution in [2.24, 2.45) is 33.8 Å². The Morgan fingerprint density at radius 2 is 1.52 bits per heavy atom. The maximum absolute atomic E-state index is 10.2. The average molecular weight is 305 g/mol. The quantitative estimate of drug-likeness (QED) is 0.185. The lowest BCUT2D eigenvalue weighted by Gasteiger charge is -2.07. The number of rotatable bonds is 8. The van der Waals surface area contributed by atoms with Crippen molar-refractivity contribution in [2.45, 2.75) is 45.2 Å². The molecular formula is C12H27N5O4. The van der Waals surface area contributed by atoms with Crippen LogP contribution in [-0.2, 0) is 9.59 Å². The Morgan fingerprint density at radius 3 is 1.81 bits per heavy atom. The molecule has 0 unspecified atom stereocenters. The number of aliphatic carboxylic acids is 2. The molecule has 21 heavy (non-hydrogen) atoms. The molecule has 0 spiro atoms. The fourth-order valence-corrected chi connectivity index (χ4v) is 1.25. The maximum Gasteiger partial charge on any atom is 0.320 e. The Bertz CT molecular complexity index is 343. The van der Waals surface area contributed by atoms with Crippen LogP contribution in [0.3, 0.4) is 0 Å². The first-order valence-corrected chi connectivity index (χ1v) is 6.60. The molecule has 0 aromatic rings. The van der Waals surface area contributed by atoms with E-state index in [0.29, 0.717) is 31.7 Å². The summed E-state index contributed by atoms with van der Waals surface area (Å²) in [5.41, 5.74) is 20.5. The molecule has 2 atom stereocenters. The Balaban J connectivity index is 0. The smallest absolute Gasteiger partial charge is 0.320 e. The number of hydrogen-bond donors (Lipinski definition) is 6. The van der Waals surface area contributed by atoms with Gasteiger partial charge in [0.1, 0.15) is 12.1 Å². The minimum Gasteiger partial charge on any atom is -0.480 e. The third-order valence-electron chi connectivity index (χ3n) is 2.33. The SMILES string of the molecule is CC(C)C[C@H](N)C(=O)O.NC(N)=NCCC[C@@H](N)C(=O)O. The lowest BCUT2D eigenvalue weighted by Crippen LogP contribution is -2.31. The van der Waals surface area contributed by atoms with Crippen molar-refractivity contribution >= 4 is 17.9 Å². The van der Waals surface area contributed by atoms with Crippen LogP contribution in [0.4, 0.5) is 0 Å². The normalized spacial score (nSPS) is 12.8. The van der Waals surface area contributed by atoms with E-state index in [2.05, 4.69) is 4.99 Å². The standard InChI is InChI=1S/C6H14N4O2.C6H13NO2/c7-4(5(11)12)2-1-3-10-6(8)9;1-4(2)3-5(7)6(8)9/h4H,1-3,7H2,(H,11,12)(H4,8,9,10);4-5H,3,7H2,1-2H3,(H,8,9)/t4-;5-/m10/s1. The largest absolute Gasteiger partial charge is 0.480 e. The number of guanidine groups is 1. The van der Waals surface area contributed by atoms with E-state index in [9.17, 15) is 9.59 Å². The van der Waals surface area contributed by atoms with Crippen LogP contribution in [0.5, 0.6) is 0 Å². The van der Waals surface area contributed by atoms with Gasteiger partial charge in [0.15, 0.2) is 5.96 Å². The lowest BCUT2D eigenvalue weighted by molar-refractivity contribution is -0.139. The summed E-state index contributed by atoms with van der Waals surface area (Å²) in [6.45, 7) is 4.31. The molecule has 0 fully saturated rings. The van der Waals surface area contributed by atoms with Gasteiger partial charge >= 0.3 is 11.9 Å². The molecule has 0 aromatic heterocycles. The zero-order valence-electron chi connectivity index (χ0n) is 12.5. The molecule has 124 valence electrons. The molecule has 0 saturated carbocycles. The van der Waals surface area contributed by atoms with Crippen LogP contribution in [0.2, 0.25) is 0 Å². The predicted molar refractivity (Wildman–Crippen MR) is 80.6 cm³/mol. The van der Waals surface area contributed by atoms with Gasteiger partial charge in [0, 0.05) is 6.54 Å². The first-order chi connectivity index (χ1) is 9.57. The molecule has 0 bridgehead atoms. The summed E-state index contributed by atoms with van der Waals surface area (Å²) in [4.78, 5) is 24.0. The molecule has 0 rings (SSSR count). The molecule has 10 N–H and O–H groups in total. The zero-order chi connectivity index (χ0) is 17.0. The van der Waals surface area contributed by atoms with E-state index < -0.39 is 24.0 Å². The van der Waals surface area contributed by atoms with Crippen LogP contribution < -0.4 is 22.9 Å². The number of carbonyl (C=O) groups is 2. The van der Waals surface area contributed by atoms with Crippen molar-refractivity contribution in [1.29, 1.82) is 0 Å². The highest BCUT2D eigenvalue weighted by atomic mass is 16.4. The van der Waals surface area contributed by atoms with Crippen molar-refractivity contribution in [1.82, 2.24) is 0 Å². The minimum atomic E-state index is -1.00. The molecule has 0 heterocycles. The summed E-state index contributed by atoms with van der Waals surface area (Å²) in [6.07, 6.45) is 1.51. The second-order valence-corrected chi connectivity index (χ2v) is 4.97. The molecule has 0 amide bonds. The van der Waals surface area contributed by atoms with E-state index in [0.717, 1.165) is 0 Å². The number of nitrogens with zero attached hydrogens (tertiary/aromatic N) is 1. The molecule has 9 heteroatoms. The Labute approximate surface area is 124 Å². The Kier molecular flexibility index (Phi) is 12.2. The van der Waals surface area contributed by atoms with Crippen LogP contribution in [0.1, 0.15) is 33.1 Å². The van der Waals surface area contributed by atoms with Crippen molar-refractivity contribution in [3.63, 3.8) is 0 Å². The van der Waals surface area contributed by atoms with E-state index in [-0.39, 0.29) is 5.96 Å². The molecule has 0 aromatic carbocycles. The molecule has 0 radical (unpaired) electrons. The third kappa shape index (κ3) is 16.1. The molecule has 0 aliphatic rings. The lowest BCUT2D eigenvalue weighted by atomic mass is 10.1. The minimum absolute atomic E-state index is 0.0129. The number of aliphatic imine (C=N–C) groups is 1. The maximum atomic E-state index is 10.2. The van der Waals surface area contributed by atoms with Gasteiger partial charge in [-0.25, -0.2) is 0 Å². The van der Waals surface area contributed by atoms with Gasteiger partial charge < -0.3 is 33.1 Å². The highest BCUT2D eigenvalue weighted by Gasteiger charge is 2.12. The second kappa shape index (κ2) is 11.9. The zero-order valence-corrected chi connectivity index (χ0v) is 12.5. The van der Waals surface area contributed by atoms with Crippen LogP contribution in [-0.4, -0.2) is 46.7 Å². The first-order valence-electron chi connectivity index (χ1n) is 6.60. The number of nitrogens with two attached hydrogens (primary N) is 4. The third-order valence-corrected chi connectivity index (χ3v) is 2.33. The van der Waals surface area contributed by atoms with Gasteiger partial charge in [-0.3, -0.25) is 14.6 Å². The van der Waals surface area contributed by atoms with Gasteiger partial charge in [0.25, 0.3) is 0 Å². The van der Waals surface area contributed by atoms with Crippen LogP contribution in [0.25, 0.3) is 0 Å². The fraction of sp³-hybridized carbons (Fsp3) is 0.750. The van der Waals surface area contributed by atoms with Crippen molar-refractivity contribution in [2.75, 3.05) is 6.54 Å². The highest BCUT2D eigenvalue weighted by molar-refractivity contribution is 5.75. The summed E-state index contributed by atoms with van der Waals surface area (Å²) in [5, 5.41) is 16.7. The van der Waals surface area contributed by atoms with E-state index in [1.54, 1.807) is 0 Å². The number of carboxylic acid groups (broad SMARTS) is 2. The fourth-order valence-electron chi connectivity index (χ4n) is 1.25. The van der Waals surface area contributed by atoms with E-state index in [1.807, 2.05) is 13.8 Å². The number of carboxylic acids is 2. The van der Waals surface area contributed by atoms with Crippen LogP contribution >= 0.6 is 0 Å². The molecule has 0 aliphatic heterocycles. The molecule has 0 saturated heterocycles. The van der Waals surface area contributed by atoms with Gasteiger partial charge in [-0.1, -0.05) is 13.8 Å². The average Bonchev–Trinajstić information content (AvgIpc) is 2.33. The number of hydrogen-bond acceptors (Lipinski definition) is 5. The van der Waals surface area contributed by atoms with Crippen molar-refractivity contribution in [3.8, 4) is 0 Å². The second-order valence-electron chi connectivity index (χ2n) is 4.97. The van der Waals surface area contributed by atoms with E-state index in [1.165, 1.54) is 0 Å². The van der Waals surface area contributed by atoms with Gasteiger partial charge in [-0.2, -0.15) is 0 Å². The Morgan fingerprint density at radius 1 is 1.05 bits per heavy atom. The highest BCUT2D eigenvalue weighted by Crippen LogP contribution is 2.01. The summed E-state index contributed by atoms with van der Waals surface area (Å²) in [5.74, 6) is -1.54. The van der Waals surface area contributed by atoms with Gasteiger partial charge in [-0.05, 0) is 25.2 Å². The van der Waals surface area contributed by atoms with Crippen LogP contribution in [0.15, 0.2) is 4.99 Å². The van der Waals surface area contributed by atoms with Crippen LogP contribution in [0, 0.1) is 5.92 Å². The van der Waals surface area contributed by atoms with Gasteiger partial charge in [-0.15, -0.1) is 0 Å². The molecular weight excluding hydrogens is 278 g/mol. The monoisotopic (exact) mass is 305 g/mol. The summed E-state index contributed by atoms with van der Waals surface area (Å²) >= 11 is 0. The molecule has 0 aliphatic carbocycles. The summed E-state index contributed by atoms with van der Waals surface area (Å²) in [6, 6.07) is -1.51. The van der Waals surface area contributed by atoms with E-state index >= 15 is 0 Å². The topological polar surface area (TPSA) is 191 Å². The van der Waals surface area contributed by atoms with Crippen molar-refractivity contribution < 1.29 is 19.8 Å². The Hall–Kier alpha value is -1.87. The summed E-state index contributed by atoms with van der Waals surface area (Å²) < 4.78 is 0. The van der Waals surface area contributed by atoms with Gasteiger partial charge in [0.2, 0.25) is 0 Å². The predicted octanol–water partition coefficient (Wildman–Crippen LogP) is -1.10. The first kappa shape index (κ1) is 21.4. The van der Waals surface area contributed by atoms with E-state index in [4.69, 9.17) is 33.1 Å². The van der Waals surface area contributed by atoms with Gasteiger partial charge in [0.05, 0.1) is 0 Å². The van der Waals surface area contributed by atoms with Crippen molar-refractivity contribution in [3.05, 3.63) is 0 Å². The molecule has 9 nitrogen and oxygen atoms in total. The summed E-state index contributed by atoms with van der Waals surface area (Å²) in [7, 11) is 0.